The maximum atomic E-state index is 7.54. The Hall–Kier alpha value is -0.380. The highest BCUT2D eigenvalue weighted by Crippen LogP contribution is 2.00. The number of nitrogens with zero attached hydrogens (tertiary/aromatic N) is 1. The molecule has 11 heavy (non-hydrogen) atoms. The predicted molar refractivity (Wildman–Crippen MR) is 52.0 cm³/mol. The van der Waals surface area contributed by atoms with Crippen LogP contribution in [0.15, 0.2) is 4.99 Å². The fraction of sp³-hybridized carbons (Fsp3) is 0.857. The molecule has 0 radical (unpaired) electrons. The van der Waals surface area contributed by atoms with E-state index in [1.54, 1.807) is 7.05 Å². The summed E-state index contributed by atoms with van der Waals surface area (Å²) in [4.78, 5) is 3.79. The molecule has 0 aromatic rings. The highest BCUT2D eigenvalue weighted by atomic mass is 32.2. The van der Waals surface area contributed by atoms with Crippen molar-refractivity contribution in [2.75, 3.05) is 12.8 Å². The molecule has 1 unspecified atom stereocenters. The quantitative estimate of drug-likeness (QED) is 0.493. The third kappa shape index (κ3) is 4.95. The third-order valence-corrected chi connectivity index (χ3v) is 2.70. The van der Waals surface area contributed by atoms with Crippen LogP contribution in [0, 0.1) is 10.7 Å². The van der Waals surface area contributed by atoms with Crippen LogP contribution in [-0.2, 0) is 10.7 Å². The minimum atomic E-state index is -0.558. The van der Waals surface area contributed by atoms with Gasteiger partial charge in [0.2, 0.25) is 0 Å². The van der Waals surface area contributed by atoms with Crippen LogP contribution in [0.5, 0.6) is 0 Å². The molecule has 0 aliphatic rings. The second-order valence-electron chi connectivity index (χ2n) is 2.84. The van der Waals surface area contributed by atoms with Gasteiger partial charge in [0.1, 0.15) is 0 Å². The highest BCUT2D eigenvalue weighted by Gasteiger charge is 2.00. The van der Waals surface area contributed by atoms with Gasteiger partial charge in [0, 0.05) is 12.8 Å². The van der Waals surface area contributed by atoms with Crippen molar-refractivity contribution in [3.05, 3.63) is 0 Å². The summed E-state index contributed by atoms with van der Waals surface area (Å²) in [5.41, 5.74) is 5.48. The monoisotopic (exact) mass is 175 g/mol. The number of nitrogens with one attached hydrogen (secondary N) is 1. The van der Waals surface area contributed by atoms with Crippen molar-refractivity contribution in [1.82, 2.24) is 0 Å². The summed E-state index contributed by atoms with van der Waals surface area (Å²) < 4.78 is 7.54. The van der Waals surface area contributed by atoms with Crippen molar-refractivity contribution in [3.8, 4) is 0 Å². The van der Waals surface area contributed by atoms with E-state index in [4.69, 9.17) is 10.5 Å². The zero-order valence-electron chi connectivity index (χ0n) is 7.42. The molecule has 0 saturated carbocycles. The summed E-state index contributed by atoms with van der Waals surface area (Å²) in [6.07, 6.45) is 1.06. The Kier molecular flexibility index (Phi) is 5.11. The summed E-state index contributed by atoms with van der Waals surface area (Å²) in [6, 6.07) is 0. The fourth-order valence-corrected chi connectivity index (χ4v) is 1.70. The molecule has 0 aromatic heterocycles. The first-order valence-electron chi connectivity index (χ1n) is 3.72. The van der Waals surface area contributed by atoms with Crippen molar-refractivity contribution in [3.63, 3.8) is 0 Å². The molecule has 0 amide bonds. The fourth-order valence-electron chi connectivity index (χ4n) is 0.568. The van der Waals surface area contributed by atoms with Crippen LogP contribution in [0.4, 0.5) is 0 Å². The van der Waals surface area contributed by atoms with E-state index >= 15 is 0 Å². The topological polar surface area (TPSA) is 62.2 Å². The molecular weight excluding hydrogens is 158 g/mol. The Morgan fingerprint density at radius 3 is 2.55 bits per heavy atom. The zero-order valence-corrected chi connectivity index (χ0v) is 8.24. The molecular formula is C7H17N3S. The van der Waals surface area contributed by atoms with Gasteiger partial charge in [0.05, 0.1) is 0 Å². The molecule has 66 valence electrons. The number of rotatable bonds is 3. The molecule has 0 rings (SSSR count). The van der Waals surface area contributed by atoms with Crippen molar-refractivity contribution in [2.45, 2.75) is 20.3 Å². The molecule has 0 aromatic carbocycles. The molecule has 0 bridgehead atoms. The van der Waals surface area contributed by atoms with Crippen LogP contribution in [0.25, 0.3) is 0 Å². The van der Waals surface area contributed by atoms with Gasteiger partial charge in [-0.05, 0) is 23.0 Å². The summed E-state index contributed by atoms with van der Waals surface area (Å²) >= 11 is 0. The van der Waals surface area contributed by atoms with Crippen LogP contribution in [0.1, 0.15) is 20.3 Å². The average Bonchev–Trinajstić information content (AvgIpc) is 1.98. The van der Waals surface area contributed by atoms with Gasteiger partial charge >= 0.3 is 0 Å². The van der Waals surface area contributed by atoms with Crippen molar-refractivity contribution < 1.29 is 0 Å². The Balaban J connectivity index is 3.71. The number of aliphatic imine (C=N–C) groups is 1. The molecule has 0 fully saturated rings. The average molecular weight is 175 g/mol. The van der Waals surface area contributed by atoms with E-state index in [1.165, 1.54) is 0 Å². The summed E-state index contributed by atoms with van der Waals surface area (Å²) in [6.45, 7) is 4.30. The Morgan fingerprint density at radius 1 is 1.64 bits per heavy atom. The van der Waals surface area contributed by atoms with Gasteiger partial charge in [-0.2, -0.15) is 0 Å². The maximum absolute atomic E-state index is 7.54. The summed E-state index contributed by atoms with van der Waals surface area (Å²) in [5.74, 6) is 1.50. The van der Waals surface area contributed by atoms with Crippen molar-refractivity contribution in [1.29, 1.82) is 4.78 Å². The zero-order chi connectivity index (χ0) is 8.85. The van der Waals surface area contributed by atoms with E-state index < -0.39 is 10.7 Å². The second-order valence-corrected chi connectivity index (χ2v) is 4.45. The smallest absolute Gasteiger partial charge is 0.164 e. The van der Waals surface area contributed by atoms with E-state index in [2.05, 4.69) is 18.8 Å². The minimum Gasteiger partial charge on any atom is -0.378 e. The molecule has 3 N–H and O–H groups in total. The standard InChI is InChI=1S/C7H17N3S/c1-6(2)4-5-11(9)7(8)10-3/h6,9H,4-5H2,1-3H3,(H2,8,10). The van der Waals surface area contributed by atoms with E-state index in [-0.39, 0.29) is 0 Å². The van der Waals surface area contributed by atoms with Crippen LogP contribution in [0.3, 0.4) is 0 Å². The Morgan fingerprint density at radius 2 is 2.18 bits per heavy atom. The van der Waals surface area contributed by atoms with Gasteiger partial charge in [-0.15, -0.1) is 0 Å². The van der Waals surface area contributed by atoms with E-state index in [0.29, 0.717) is 11.1 Å². The van der Waals surface area contributed by atoms with E-state index in [9.17, 15) is 0 Å². The molecule has 0 saturated heterocycles. The number of hydrogen-bond donors (Lipinski definition) is 2. The van der Waals surface area contributed by atoms with Crippen LogP contribution >= 0.6 is 0 Å². The summed E-state index contributed by atoms with van der Waals surface area (Å²) in [5, 5.41) is 0.477. The van der Waals surface area contributed by atoms with Crippen LogP contribution in [0.2, 0.25) is 0 Å². The predicted octanol–water partition coefficient (Wildman–Crippen LogP) is 1.36. The number of nitrogens with two attached hydrogens (primary N) is 1. The van der Waals surface area contributed by atoms with Crippen molar-refractivity contribution in [2.24, 2.45) is 16.6 Å². The maximum Gasteiger partial charge on any atom is 0.164 e. The lowest BCUT2D eigenvalue weighted by Gasteiger charge is -2.05. The third-order valence-electron chi connectivity index (χ3n) is 1.37. The van der Waals surface area contributed by atoms with Crippen LogP contribution in [-0.4, -0.2) is 18.0 Å². The summed E-state index contributed by atoms with van der Waals surface area (Å²) in [7, 11) is 1.08. The lowest BCUT2D eigenvalue weighted by Crippen LogP contribution is -2.20. The van der Waals surface area contributed by atoms with Gasteiger partial charge in [-0.25, -0.2) is 0 Å². The van der Waals surface area contributed by atoms with Gasteiger partial charge < -0.3 is 5.73 Å². The number of amidine groups is 1. The first kappa shape index (κ1) is 10.6. The first-order chi connectivity index (χ1) is 5.07. The van der Waals surface area contributed by atoms with Gasteiger partial charge in [-0.1, -0.05) is 13.8 Å². The Bertz CT molecular complexity index is 163. The van der Waals surface area contributed by atoms with Crippen molar-refractivity contribution >= 4 is 15.9 Å². The minimum absolute atomic E-state index is 0.477. The largest absolute Gasteiger partial charge is 0.378 e. The lowest BCUT2D eigenvalue weighted by atomic mass is 10.2. The molecule has 0 heterocycles. The van der Waals surface area contributed by atoms with Crippen LogP contribution < -0.4 is 5.73 Å². The molecule has 0 aliphatic carbocycles. The normalized spacial score (nSPS) is 15.5. The molecule has 0 aliphatic heterocycles. The van der Waals surface area contributed by atoms with Gasteiger partial charge in [0.15, 0.2) is 5.17 Å². The highest BCUT2D eigenvalue weighted by molar-refractivity contribution is 8.01. The lowest BCUT2D eigenvalue weighted by molar-refractivity contribution is 0.631. The number of hydrogen-bond acceptors (Lipinski definition) is 2. The Labute approximate surface area is 71.0 Å². The molecule has 1 atom stereocenters. The molecule has 3 nitrogen and oxygen atoms in total. The van der Waals surface area contributed by atoms with Gasteiger partial charge in [0.25, 0.3) is 0 Å². The van der Waals surface area contributed by atoms with Gasteiger partial charge in [-0.3, -0.25) is 9.77 Å². The molecule has 0 spiro atoms. The molecule has 4 heteroatoms. The van der Waals surface area contributed by atoms with E-state index in [0.717, 1.165) is 12.2 Å². The first-order valence-corrected chi connectivity index (χ1v) is 5.11. The second kappa shape index (κ2) is 5.29. The SMILES string of the molecule is CN=C(N)S(=N)CCC(C)C. The van der Waals surface area contributed by atoms with E-state index in [1.807, 2.05) is 0 Å².